The maximum Gasteiger partial charge on any atom is 0.303 e. The third-order valence-corrected chi connectivity index (χ3v) is 4.49. The molecular weight excluding hydrogens is 282 g/mol. The molecule has 0 fully saturated rings. The SMILES string of the molecule is O=C(O)CCCc1nnc2scc(-c3cccs3)n12. The maximum atomic E-state index is 10.6. The quantitative estimate of drug-likeness (QED) is 0.785. The first-order chi connectivity index (χ1) is 9.25. The number of aliphatic carboxylic acids is 1. The number of nitrogens with zero attached hydrogens (tertiary/aromatic N) is 3. The van der Waals surface area contributed by atoms with Crippen LogP contribution >= 0.6 is 22.7 Å². The third-order valence-electron chi connectivity index (χ3n) is 2.78. The van der Waals surface area contributed by atoms with E-state index in [1.165, 1.54) is 4.88 Å². The minimum Gasteiger partial charge on any atom is -0.481 e. The number of hydrogen-bond donors (Lipinski definition) is 1. The van der Waals surface area contributed by atoms with Crippen molar-refractivity contribution in [2.45, 2.75) is 19.3 Å². The Morgan fingerprint density at radius 1 is 1.37 bits per heavy atom. The highest BCUT2D eigenvalue weighted by molar-refractivity contribution is 7.16. The van der Waals surface area contributed by atoms with E-state index in [-0.39, 0.29) is 6.42 Å². The number of carbonyl (C=O) groups is 1. The lowest BCUT2D eigenvalue weighted by Crippen LogP contribution is -1.99. The number of carboxylic acid groups (broad SMARTS) is 1. The molecule has 0 amide bonds. The summed E-state index contributed by atoms with van der Waals surface area (Å²) in [5, 5.41) is 21.1. The molecule has 0 saturated carbocycles. The number of aryl methyl sites for hydroxylation is 1. The lowest BCUT2D eigenvalue weighted by molar-refractivity contribution is -0.137. The minimum absolute atomic E-state index is 0.160. The molecule has 0 aliphatic heterocycles. The molecule has 3 aromatic heterocycles. The van der Waals surface area contributed by atoms with Gasteiger partial charge in [0.05, 0.1) is 10.6 Å². The van der Waals surface area contributed by atoms with E-state index in [2.05, 4.69) is 21.6 Å². The Morgan fingerprint density at radius 2 is 2.26 bits per heavy atom. The number of thiazole rings is 1. The average molecular weight is 293 g/mol. The van der Waals surface area contributed by atoms with Gasteiger partial charge in [-0.2, -0.15) is 0 Å². The fourth-order valence-electron chi connectivity index (χ4n) is 1.93. The zero-order valence-corrected chi connectivity index (χ0v) is 11.6. The van der Waals surface area contributed by atoms with E-state index in [1.54, 1.807) is 22.7 Å². The fourth-order valence-corrected chi connectivity index (χ4v) is 3.58. The second-order valence-electron chi connectivity index (χ2n) is 4.08. The molecule has 0 spiro atoms. The van der Waals surface area contributed by atoms with Gasteiger partial charge >= 0.3 is 5.97 Å². The average Bonchev–Trinajstić information content (AvgIpc) is 3.04. The first kappa shape index (κ1) is 12.3. The third kappa shape index (κ3) is 2.39. The number of rotatable bonds is 5. The molecule has 0 atom stereocenters. The Kier molecular flexibility index (Phi) is 3.31. The van der Waals surface area contributed by atoms with Crippen LogP contribution in [0.1, 0.15) is 18.7 Å². The number of thiophene rings is 1. The van der Waals surface area contributed by atoms with Gasteiger partial charge < -0.3 is 5.11 Å². The Bertz CT molecular complexity index is 700. The highest BCUT2D eigenvalue weighted by atomic mass is 32.1. The lowest BCUT2D eigenvalue weighted by atomic mass is 10.2. The number of carboxylic acids is 1. The molecule has 0 aliphatic rings. The van der Waals surface area contributed by atoms with Gasteiger partial charge in [0, 0.05) is 18.2 Å². The lowest BCUT2D eigenvalue weighted by Gasteiger charge is -2.00. The Morgan fingerprint density at radius 3 is 3.00 bits per heavy atom. The summed E-state index contributed by atoms with van der Waals surface area (Å²) in [4.78, 5) is 12.6. The Hall–Kier alpha value is -1.73. The van der Waals surface area contributed by atoms with Crippen LogP contribution in [0.25, 0.3) is 15.5 Å². The monoisotopic (exact) mass is 293 g/mol. The van der Waals surface area contributed by atoms with E-state index in [0.29, 0.717) is 12.8 Å². The number of fused-ring (bicyclic) bond motifs is 1. The van der Waals surface area contributed by atoms with Crippen LogP contribution in [0.2, 0.25) is 0 Å². The predicted octanol–water partition coefficient (Wildman–Crippen LogP) is 2.93. The Labute approximate surface area is 117 Å². The van der Waals surface area contributed by atoms with Crippen molar-refractivity contribution in [3.05, 3.63) is 28.7 Å². The summed E-state index contributed by atoms with van der Waals surface area (Å²) in [6, 6.07) is 4.07. The molecule has 0 radical (unpaired) electrons. The molecule has 0 aromatic carbocycles. The molecule has 19 heavy (non-hydrogen) atoms. The maximum absolute atomic E-state index is 10.6. The summed E-state index contributed by atoms with van der Waals surface area (Å²) < 4.78 is 2.03. The van der Waals surface area contributed by atoms with E-state index in [1.807, 2.05) is 15.8 Å². The summed E-state index contributed by atoms with van der Waals surface area (Å²) in [5.41, 5.74) is 1.09. The largest absolute Gasteiger partial charge is 0.481 e. The van der Waals surface area contributed by atoms with Gasteiger partial charge in [-0.3, -0.25) is 9.20 Å². The van der Waals surface area contributed by atoms with Gasteiger partial charge in [0.15, 0.2) is 0 Å². The second kappa shape index (κ2) is 5.10. The van der Waals surface area contributed by atoms with Crippen LogP contribution in [0, 0.1) is 0 Å². The molecule has 0 unspecified atom stereocenters. The van der Waals surface area contributed by atoms with Crippen molar-refractivity contribution in [1.29, 1.82) is 0 Å². The van der Waals surface area contributed by atoms with E-state index >= 15 is 0 Å². The van der Waals surface area contributed by atoms with E-state index in [4.69, 9.17) is 5.11 Å². The summed E-state index contributed by atoms with van der Waals surface area (Å²) in [6.45, 7) is 0. The van der Waals surface area contributed by atoms with Crippen LogP contribution in [0.4, 0.5) is 0 Å². The van der Waals surface area contributed by atoms with E-state index < -0.39 is 5.97 Å². The molecule has 3 heterocycles. The van der Waals surface area contributed by atoms with Crippen molar-refractivity contribution in [1.82, 2.24) is 14.6 Å². The van der Waals surface area contributed by atoms with Gasteiger partial charge in [-0.1, -0.05) is 6.07 Å². The molecule has 3 aromatic rings. The second-order valence-corrected chi connectivity index (χ2v) is 5.86. The van der Waals surface area contributed by atoms with Gasteiger partial charge in [0.25, 0.3) is 0 Å². The first-order valence-electron chi connectivity index (χ1n) is 5.83. The molecule has 0 bridgehead atoms. The minimum atomic E-state index is -0.774. The van der Waals surface area contributed by atoms with Crippen molar-refractivity contribution in [3.8, 4) is 10.6 Å². The van der Waals surface area contributed by atoms with Crippen molar-refractivity contribution < 1.29 is 9.90 Å². The molecular formula is C12H11N3O2S2. The van der Waals surface area contributed by atoms with Crippen LogP contribution in [-0.4, -0.2) is 25.7 Å². The normalized spacial score (nSPS) is 11.2. The highest BCUT2D eigenvalue weighted by Gasteiger charge is 2.14. The summed E-state index contributed by atoms with van der Waals surface area (Å²) in [5.74, 6) is 0.0606. The topological polar surface area (TPSA) is 67.5 Å². The van der Waals surface area contributed by atoms with Crippen LogP contribution in [-0.2, 0) is 11.2 Å². The summed E-state index contributed by atoms with van der Waals surface area (Å²) >= 11 is 3.22. The van der Waals surface area contributed by atoms with Crippen molar-refractivity contribution in [2.75, 3.05) is 0 Å². The van der Waals surface area contributed by atoms with Gasteiger partial charge in [-0.15, -0.1) is 32.9 Å². The van der Waals surface area contributed by atoms with Crippen LogP contribution < -0.4 is 0 Å². The smallest absolute Gasteiger partial charge is 0.303 e. The molecule has 0 saturated heterocycles. The Balaban J connectivity index is 1.92. The molecule has 98 valence electrons. The zero-order valence-electron chi connectivity index (χ0n) is 9.94. The van der Waals surface area contributed by atoms with Crippen LogP contribution in [0.3, 0.4) is 0 Å². The van der Waals surface area contributed by atoms with Crippen LogP contribution in [0.15, 0.2) is 22.9 Å². The van der Waals surface area contributed by atoms with Gasteiger partial charge in [0.2, 0.25) is 4.96 Å². The summed E-state index contributed by atoms with van der Waals surface area (Å²) in [7, 11) is 0. The molecule has 7 heteroatoms. The molecule has 3 rings (SSSR count). The highest BCUT2D eigenvalue weighted by Crippen LogP contribution is 2.30. The number of aromatic nitrogens is 3. The van der Waals surface area contributed by atoms with E-state index in [0.717, 1.165) is 16.5 Å². The zero-order chi connectivity index (χ0) is 13.2. The fraction of sp³-hybridized carbons (Fsp3) is 0.250. The molecule has 1 N–H and O–H groups in total. The molecule has 5 nitrogen and oxygen atoms in total. The predicted molar refractivity (Wildman–Crippen MR) is 74.8 cm³/mol. The van der Waals surface area contributed by atoms with Gasteiger partial charge in [-0.25, -0.2) is 0 Å². The number of hydrogen-bond acceptors (Lipinski definition) is 5. The van der Waals surface area contributed by atoms with Gasteiger partial charge in [-0.05, 0) is 17.9 Å². The standard InChI is InChI=1S/C12H11N3O2S2/c16-11(17)5-1-4-10-13-14-12-15(10)8(7-19-12)9-3-2-6-18-9/h2-3,6-7H,1,4-5H2,(H,16,17). The van der Waals surface area contributed by atoms with Crippen LogP contribution in [0.5, 0.6) is 0 Å². The van der Waals surface area contributed by atoms with Gasteiger partial charge in [0.1, 0.15) is 5.82 Å². The van der Waals surface area contributed by atoms with Crippen molar-refractivity contribution in [2.24, 2.45) is 0 Å². The van der Waals surface area contributed by atoms with Crippen molar-refractivity contribution in [3.63, 3.8) is 0 Å². The molecule has 0 aliphatic carbocycles. The summed E-state index contributed by atoms with van der Waals surface area (Å²) in [6.07, 6.45) is 1.37. The van der Waals surface area contributed by atoms with E-state index in [9.17, 15) is 4.79 Å². The first-order valence-corrected chi connectivity index (χ1v) is 7.59. The van der Waals surface area contributed by atoms with Crippen molar-refractivity contribution >= 4 is 33.6 Å².